The van der Waals surface area contributed by atoms with Crippen molar-refractivity contribution in [1.29, 1.82) is 0 Å². The number of rotatable bonds is 7. The summed E-state index contributed by atoms with van der Waals surface area (Å²) >= 11 is 0. The van der Waals surface area contributed by atoms with E-state index < -0.39 is 0 Å². The van der Waals surface area contributed by atoms with Crippen LogP contribution in [0, 0.1) is 38.5 Å². The maximum absolute atomic E-state index is 6.91. The van der Waals surface area contributed by atoms with Gasteiger partial charge in [0, 0.05) is 5.56 Å². The van der Waals surface area contributed by atoms with Crippen LogP contribution in [0.2, 0.25) is 0 Å². The highest BCUT2D eigenvalue weighted by Crippen LogP contribution is 2.64. The fourth-order valence-corrected chi connectivity index (χ4v) is 8.21. The van der Waals surface area contributed by atoms with Crippen molar-refractivity contribution in [2.45, 2.75) is 64.7 Å². The van der Waals surface area contributed by atoms with E-state index in [1.807, 2.05) is 81.4 Å². The number of benzene rings is 4. The molecule has 8 rings (SSSR count). The second kappa shape index (κ2) is 10.4. The zero-order valence-corrected chi connectivity index (χ0v) is 25.3. The Hall–Kier alpha value is -4.32. The Morgan fingerprint density at radius 3 is 1.40 bits per heavy atom. The third-order valence-corrected chi connectivity index (χ3v) is 9.84. The van der Waals surface area contributed by atoms with Gasteiger partial charge in [0.2, 0.25) is 5.75 Å². The molecule has 0 aliphatic heterocycles. The zero-order valence-electron chi connectivity index (χ0n) is 25.3. The molecule has 6 N–H and O–H groups in total. The van der Waals surface area contributed by atoms with E-state index >= 15 is 0 Å². The van der Waals surface area contributed by atoms with Crippen molar-refractivity contribution in [2.24, 2.45) is 17.8 Å². The quantitative estimate of drug-likeness (QED) is 0.190. The Kier molecular flexibility index (Phi) is 6.68. The molecular formula is C37H41N3O3. The highest BCUT2D eigenvalue weighted by atomic mass is 16.5. The standard InChI is InChI=1S/C37H41N3O3/c1-21-4-8-28(38)32(12-21)41-31-11-7-27(37-18-24-15-25(19-37)17-26(16-24)20-37)35(42-33-13-22(2)5-9-29(33)39)36(31)43-34-14-23(3)6-10-30(34)40/h4-14,24-26H,15-20,38-40H2,1-3H3. The van der Waals surface area contributed by atoms with Gasteiger partial charge in [-0.2, -0.15) is 0 Å². The molecule has 222 valence electrons. The van der Waals surface area contributed by atoms with Crippen molar-refractivity contribution >= 4 is 17.1 Å². The average molecular weight is 576 g/mol. The number of nitrogen functional groups attached to an aromatic ring is 3. The highest BCUT2D eigenvalue weighted by molar-refractivity contribution is 5.67. The van der Waals surface area contributed by atoms with Crippen LogP contribution in [0.25, 0.3) is 0 Å². The molecule has 0 atom stereocenters. The second-order valence-corrected chi connectivity index (χ2v) is 13.4. The van der Waals surface area contributed by atoms with E-state index in [1.54, 1.807) is 0 Å². The van der Waals surface area contributed by atoms with Gasteiger partial charge in [0.1, 0.15) is 0 Å². The topological polar surface area (TPSA) is 106 Å². The predicted octanol–water partition coefficient (Wildman–Crippen LogP) is 9.20. The van der Waals surface area contributed by atoms with Crippen LogP contribution >= 0.6 is 0 Å². The van der Waals surface area contributed by atoms with Crippen molar-refractivity contribution < 1.29 is 14.2 Å². The van der Waals surface area contributed by atoms with Gasteiger partial charge in [0.15, 0.2) is 28.7 Å². The van der Waals surface area contributed by atoms with E-state index in [4.69, 9.17) is 31.4 Å². The molecule has 4 bridgehead atoms. The smallest absolute Gasteiger partial charge is 0.212 e. The minimum absolute atomic E-state index is 0.0137. The van der Waals surface area contributed by atoms with Crippen LogP contribution in [0.15, 0.2) is 66.7 Å². The van der Waals surface area contributed by atoms with Crippen LogP contribution in [0.1, 0.15) is 60.8 Å². The Balaban J connectivity index is 1.45. The number of anilines is 3. The highest BCUT2D eigenvalue weighted by Gasteiger charge is 2.53. The van der Waals surface area contributed by atoms with E-state index in [9.17, 15) is 0 Å². The first-order chi connectivity index (χ1) is 20.7. The number of hydrogen-bond donors (Lipinski definition) is 3. The summed E-state index contributed by atoms with van der Waals surface area (Å²) < 4.78 is 20.3. The van der Waals surface area contributed by atoms with Gasteiger partial charge >= 0.3 is 0 Å². The van der Waals surface area contributed by atoms with Gasteiger partial charge in [-0.15, -0.1) is 0 Å². The normalized spacial score (nSPS) is 23.7. The molecule has 4 aliphatic rings. The summed E-state index contributed by atoms with van der Waals surface area (Å²) in [5.74, 6) is 5.59. The summed E-state index contributed by atoms with van der Waals surface area (Å²) in [7, 11) is 0. The molecule has 0 unspecified atom stereocenters. The minimum Gasteiger partial charge on any atom is -0.451 e. The first-order valence-corrected chi connectivity index (χ1v) is 15.5. The maximum atomic E-state index is 6.91. The van der Waals surface area contributed by atoms with Crippen LogP contribution in [0.4, 0.5) is 17.1 Å². The molecule has 0 spiro atoms. The van der Waals surface area contributed by atoms with E-state index in [0.717, 1.165) is 53.7 Å². The zero-order chi connectivity index (χ0) is 29.9. The fraction of sp³-hybridized carbons (Fsp3) is 0.351. The van der Waals surface area contributed by atoms with Crippen molar-refractivity contribution in [2.75, 3.05) is 17.2 Å². The third kappa shape index (κ3) is 5.13. The molecule has 4 fully saturated rings. The van der Waals surface area contributed by atoms with E-state index in [2.05, 4.69) is 6.07 Å². The van der Waals surface area contributed by atoms with Crippen LogP contribution < -0.4 is 31.4 Å². The van der Waals surface area contributed by atoms with Crippen molar-refractivity contribution in [3.05, 3.63) is 89.0 Å². The first kappa shape index (κ1) is 27.5. The van der Waals surface area contributed by atoms with Crippen LogP contribution in [-0.2, 0) is 5.41 Å². The summed E-state index contributed by atoms with van der Waals surface area (Å²) in [6.07, 6.45) is 7.52. The largest absolute Gasteiger partial charge is 0.451 e. The third-order valence-electron chi connectivity index (χ3n) is 9.84. The lowest BCUT2D eigenvalue weighted by atomic mass is 9.48. The number of ether oxygens (including phenoxy) is 3. The van der Waals surface area contributed by atoms with Gasteiger partial charge in [-0.3, -0.25) is 0 Å². The van der Waals surface area contributed by atoms with Crippen LogP contribution in [0.3, 0.4) is 0 Å². The number of nitrogens with two attached hydrogens (primary N) is 3. The van der Waals surface area contributed by atoms with Gasteiger partial charge in [0.25, 0.3) is 0 Å². The lowest BCUT2D eigenvalue weighted by Gasteiger charge is -2.57. The molecule has 4 aromatic rings. The molecule has 6 nitrogen and oxygen atoms in total. The van der Waals surface area contributed by atoms with Gasteiger partial charge in [-0.05, 0) is 142 Å². The van der Waals surface area contributed by atoms with Gasteiger partial charge in [-0.25, -0.2) is 0 Å². The summed E-state index contributed by atoms with van der Waals surface area (Å²) in [6.45, 7) is 6.08. The first-order valence-electron chi connectivity index (χ1n) is 15.5. The monoisotopic (exact) mass is 575 g/mol. The van der Waals surface area contributed by atoms with E-state index in [-0.39, 0.29) is 5.41 Å². The summed E-state index contributed by atoms with van der Waals surface area (Å²) in [6, 6.07) is 21.6. The molecule has 4 aliphatic carbocycles. The molecule has 0 amide bonds. The predicted molar refractivity (Wildman–Crippen MR) is 173 cm³/mol. The van der Waals surface area contributed by atoms with Crippen molar-refractivity contribution in [1.82, 2.24) is 0 Å². The van der Waals surface area contributed by atoms with E-state index in [0.29, 0.717) is 51.6 Å². The minimum atomic E-state index is 0.0137. The molecular weight excluding hydrogens is 534 g/mol. The molecule has 4 aromatic carbocycles. The fourth-order valence-electron chi connectivity index (χ4n) is 8.21. The lowest BCUT2D eigenvalue weighted by molar-refractivity contribution is -0.00610. The lowest BCUT2D eigenvalue weighted by Crippen LogP contribution is -2.48. The molecule has 0 saturated heterocycles. The second-order valence-electron chi connectivity index (χ2n) is 13.4. The van der Waals surface area contributed by atoms with Gasteiger partial charge < -0.3 is 31.4 Å². The van der Waals surface area contributed by atoms with E-state index in [1.165, 1.54) is 24.8 Å². The Morgan fingerprint density at radius 1 is 0.512 bits per heavy atom. The maximum Gasteiger partial charge on any atom is 0.212 e. The SMILES string of the molecule is Cc1ccc(N)c(Oc2ccc(C34CC5CC(CC(C5)C3)C4)c(Oc3cc(C)ccc3N)c2Oc2cc(C)ccc2N)c1. The molecule has 43 heavy (non-hydrogen) atoms. The van der Waals surface area contributed by atoms with Crippen molar-refractivity contribution in [3.63, 3.8) is 0 Å². The molecule has 0 aromatic heterocycles. The van der Waals surface area contributed by atoms with Crippen LogP contribution in [0.5, 0.6) is 34.5 Å². The van der Waals surface area contributed by atoms with Crippen LogP contribution in [-0.4, -0.2) is 0 Å². The Labute approximate surface area is 254 Å². The molecule has 4 saturated carbocycles. The van der Waals surface area contributed by atoms with Gasteiger partial charge in [-0.1, -0.05) is 24.3 Å². The summed E-state index contributed by atoms with van der Waals surface area (Å²) in [5, 5.41) is 0. The Bertz CT molecular complexity index is 1680. The summed E-state index contributed by atoms with van der Waals surface area (Å²) in [4.78, 5) is 0. The summed E-state index contributed by atoms with van der Waals surface area (Å²) in [5.41, 5.74) is 25.3. The van der Waals surface area contributed by atoms with Gasteiger partial charge in [0.05, 0.1) is 17.1 Å². The average Bonchev–Trinajstić information content (AvgIpc) is 2.95. The molecule has 6 heteroatoms. The van der Waals surface area contributed by atoms with Crippen molar-refractivity contribution in [3.8, 4) is 34.5 Å². The number of aryl methyl sites for hydroxylation is 3. The Morgan fingerprint density at radius 2 is 0.930 bits per heavy atom. The number of hydrogen-bond acceptors (Lipinski definition) is 6. The molecule has 0 radical (unpaired) electrons. The molecule has 0 heterocycles.